The molecule has 27 heavy (non-hydrogen) atoms. The van der Waals surface area contributed by atoms with Crippen molar-refractivity contribution in [3.8, 4) is 0 Å². The molecule has 0 atom stereocenters. The summed E-state index contributed by atoms with van der Waals surface area (Å²) in [6.45, 7) is 1.74. The van der Waals surface area contributed by atoms with Crippen molar-refractivity contribution in [3.63, 3.8) is 0 Å². The number of anilines is 2. The molecule has 8 nitrogen and oxygen atoms in total. The molecule has 0 fully saturated rings. The Kier molecular flexibility index (Phi) is 6.48. The van der Waals surface area contributed by atoms with Crippen LogP contribution in [0.15, 0.2) is 42.5 Å². The summed E-state index contributed by atoms with van der Waals surface area (Å²) >= 11 is 0. The molecule has 2 rings (SSSR count). The number of benzene rings is 2. The van der Waals surface area contributed by atoms with E-state index in [0.717, 1.165) is 12.0 Å². The van der Waals surface area contributed by atoms with Crippen molar-refractivity contribution in [3.05, 3.63) is 63.7 Å². The first kappa shape index (κ1) is 19.9. The lowest BCUT2D eigenvalue weighted by Crippen LogP contribution is -2.33. The van der Waals surface area contributed by atoms with Gasteiger partial charge >= 0.3 is 0 Å². The number of nitro groups is 1. The van der Waals surface area contributed by atoms with Crippen molar-refractivity contribution in [2.24, 2.45) is 0 Å². The van der Waals surface area contributed by atoms with Gasteiger partial charge < -0.3 is 15.5 Å². The number of hydrogen-bond acceptors (Lipinski definition) is 5. The number of nitrogens with one attached hydrogen (secondary N) is 2. The summed E-state index contributed by atoms with van der Waals surface area (Å²) in [7, 11) is 3.46. The lowest BCUT2D eigenvalue weighted by Gasteiger charge is -2.17. The third kappa shape index (κ3) is 5.04. The molecule has 142 valence electrons. The Morgan fingerprint density at radius 1 is 1.15 bits per heavy atom. The third-order valence-electron chi connectivity index (χ3n) is 4.00. The van der Waals surface area contributed by atoms with Gasteiger partial charge in [-0.15, -0.1) is 0 Å². The first-order valence-electron chi connectivity index (χ1n) is 8.45. The zero-order chi connectivity index (χ0) is 20.0. The van der Waals surface area contributed by atoms with Crippen molar-refractivity contribution >= 4 is 28.9 Å². The Hall–Kier alpha value is -3.42. The zero-order valence-corrected chi connectivity index (χ0v) is 15.5. The van der Waals surface area contributed by atoms with E-state index in [2.05, 4.69) is 10.6 Å². The van der Waals surface area contributed by atoms with Crippen LogP contribution in [-0.4, -0.2) is 37.4 Å². The first-order valence-corrected chi connectivity index (χ1v) is 8.45. The van der Waals surface area contributed by atoms with Crippen LogP contribution in [0.3, 0.4) is 0 Å². The summed E-state index contributed by atoms with van der Waals surface area (Å²) < 4.78 is 0. The second-order valence-corrected chi connectivity index (χ2v) is 6.09. The topological polar surface area (TPSA) is 105 Å². The van der Waals surface area contributed by atoms with E-state index in [0.29, 0.717) is 11.4 Å². The van der Waals surface area contributed by atoms with Gasteiger partial charge in [-0.2, -0.15) is 0 Å². The Balaban J connectivity index is 2.09. The molecule has 0 aliphatic heterocycles. The van der Waals surface area contributed by atoms with Gasteiger partial charge in [-0.25, -0.2) is 0 Å². The highest BCUT2D eigenvalue weighted by molar-refractivity contribution is 6.03. The number of aryl methyl sites for hydroxylation is 1. The van der Waals surface area contributed by atoms with Crippen LogP contribution >= 0.6 is 0 Å². The zero-order valence-electron chi connectivity index (χ0n) is 15.5. The molecule has 0 heterocycles. The summed E-state index contributed by atoms with van der Waals surface area (Å²) in [6, 6.07) is 11.5. The van der Waals surface area contributed by atoms with Crippen LogP contribution in [0.2, 0.25) is 0 Å². The van der Waals surface area contributed by atoms with E-state index in [-0.39, 0.29) is 23.7 Å². The van der Waals surface area contributed by atoms with Crippen LogP contribution in [0.4, 0.5) is 17.1 Å². The number of carbonyl (C=O) groups excluding carboxylic acids is 2. The lowest BCUT2D eigenvalue weighted by molar-refractivity contribution is -0.384. The number of nitro benzene ring substituents is 1. The molecule has 0 unspecified atom stereocenters. The Morgan fingerprint density at radius 2 is 1.85 bits per heavy atom. The van der Waals surface area contributed by atoms with Crippen LogP contribution < -0.4 is 15.5 Å². The molecule has 0 aliphatic carbocycles. The van der Waals surface area contributed by atoms with Gasteiger partial charge in [0.2, 0.25) is 5.91 Å². The summed E-state index contributed by atoms with van der Waals surface area (Å²) in [5.41, 5.74) is 2.16. The number of para-hydroxylation sites is 1. The quantitative estimate of drug-likeness (QED) is 0.576. The molecule has 0 bridgehead atoms. The Morgan fingerprint density at radius 3 is 2.48 bits per heavy atom. The molecular formula is C19H22N4O4. The molecule has 2 N–H and O–H groups in total. The van der Waals surface area contributed by atoms with Crippen molar-refractivity contribution < 1.29 is 14.5 Å². The van der Waals surface area contributed by atoms with Crippen LogP contribution in [-0.2, 0) is 11.2 Å². The minimum absolute atomic E-state index is 0.135. The van der Waals surface area contributed by atoms with Crippen molar-refractivity contribution in [2.45, 2.75) is 13.3 Å². The van der Waals surface area contributed by atoms with E-state index in [1.165, 1.54) is 18.2 Å². The van der Waals surface area contributed by atoms with Gasteiger partial charge in [0.1, 0.15) is 0 Å². The van der Waals surface area contributed by atoms with Gasteiger partial charge in [0.25, 0.3) is 11.6 Å². The predicted octanol–water partition coefficient (Wildman–Crippen LogP) is 2.59. The fraction of sp³-hybridized carbons (Fsp3) is 0.263. The number of carbonyl (C=O) groups is 2. The highest BCUT2D eigenvalue weighted by Gasteiger charge is 2.18. The second kappa shape index (κ2) is 8.79. The maximum atomic E-state index is 12.5. The van der Waals surface area contributed by atoms with E-state index in [1.807, 2.05) is 25.1 Å². The van der Waals surface area contributed by atoms with Gasteiger partial charge in [-0.05, 0) is 24.1 Å². The van der Waals surface area contributed by atoms with Gasteiger partial charge in [-0.1, -0.05) is 25.1 Å². The normalized spacial score (nSPS) is 10.2. The fourth-order valence-corrected chi connectivity index (χ4v) is 2.61. The molecule has 2 aromatic rings. The number of hydrogen-bond donors (Lipinski definition) is 2. The lowest BCUT2D eigenvalue weighted by atomic mass is 10.1. The molecule has 0 aromatic heterocycles. The number of non-ortho nitro benzene ring substituents is 1. The van der Waals surface area contributed by atoms with Gasteiger partial charge in [0.05, 0.1) is 17.0 Å². The Labute approximate surface area is 157 Å². The van der Waals surface area contributed by atoms with Crippen LogP contribution in [0.5, 0.6) is 0 Å². The molecule has 0 aliphatic rings. The summed E-state index contributed by atoms with van der Waals surface area (Å²) in [5, 5.41) is 16.3. The molecule has 2 amide bonds. The maximum Gasteiger partial charge on any atom is 0.270 e. The van der Waals surface area contributed by atoms with E-state index in [9.17, 15) is 19.7 Å². The number of nitrogens with zero attached hydrogens (tertiary/aromatic N) is 2. The summed E-state index contributed by atoms with van der Waals surface area (Å²) in [5.74, 6) is -0.928. The second-order valence-electron chi connectivity index (χ2n) is 6.09. The molecule has 0 radical (unpaired) electrons. The maximum absolute atomic E-state index is 12.5. The molecular weight excluding hydrogens is 348 g/mol. The van der Waals surface area contributed by atoms with Crippen molar-refractivity contribution in [1.82, 2.24) is 5.32 Å². The standard InChI is InChI=1S/C19H22N4O4/c1-4-13-7-5-6-8-16(13)21-18(24)12-20-19(25)15-11-14(23(26)27)9-10-17(15)22(2)3/h5-11H,4,12H2,1-3H3,(H,20,25)(H,21,24). The van der Waals surface area contributed by atoms with Gasteiger partial charge in [0.15, 0.2) is 0 Å². The minimum atomic E-state index is -0.565. The molecule has 2 aromatic carbocycles. The molecule has 8 heteroatoms. The van der Waals surface area contributed by atoms with E-state index >= 15 is 0 Å². The van der Waals surface area contributed by atoms with Gasteiger partial charge in [0, 0.05) is 37.6 Å². The predicted molar refractivity (Wildman–Crippen MR) is 104 cm³/mol. The van der Waals surface area contributed by atoms with Crippen LogP contribution in [0.1, 0.15) is 22.8 Å². The SMILES string of the molecule is CCc1ccccc1NC(=O)CNC(=O)c1cc([N+](=O)[O-])ccc1N(C)C. The molecule has 0 saturated heterocycles. The number of amides is 2. The average Bonchev–Trinajstić information content (AvgIpc) is 2.65. The highest BCUT2D eigenvalue weighted by atomic mass is 16.6. The van der Waals surface area contributed by atoms with Gasteiger partial charge in [-0.3, -0.25) is 19.7 Å². The van der Waals surface area contributed by atoms with E-state index in [1.54, 1.807) is 25.1 Å². The Bertz CT molecular complexity index is 865. The van der Waals surface area contributed by atoms with E-state index in [4.69, 9.17) is 0 Å². The first-order chi connectivity index (χ1) is 12.8. The number of rotatable bonds is 7. The van der Waals surface area contributed by atoms with Crippen molar-refractivity contribution in [2.75, 3.05) is 30.9 Å². The molecule has 0 spiro atoms. The minimum Gasteiger partial charge on any atom is -0.377 e. The molecule has 0 saturated carbocycles. The van der Waals surface area contributed by atoms with Crippen LogP contribution in [0.25, 0.3) is 0 Å². The highest BCUT2D eigenvalue weighted by Crippen LogP contribution is 2.24. The summed E-state index contributed by atoms with van der Waals surface area (Å²) in [6.07, 6.45) is 0.767. The monoisotopic (exact) mass is 370 g/mol. The third-order valence-corrected chi connectivity index (χ3v) is 4.00. The largest absolute Gasteiger partial charge is 0.377 e. The fourth-order valence-electron chi connectivity index (χ4n) is 2.61. The average molecular weight is 370 g/mol. The van der Waals surface area contributed by atoms with Crippen LogP contribution in [0, 0.1) is 10.1 Å². The van der Waals surface area contributed by atoms with Crippen molar-refractivity contribution in [1.29, 1.82) is 0 Å². The smallest absolute Gasteiger partial charge is 0.270 e. The van der Waals surface area contributed by atoms with E-state index < -0.39 is 10.8 Å². The summed E-state index contributed by atoms with van der Waals surface area (Å²) in [4.78, 5) is 36.7.